The molecule has 1 heterocycles. The van der Waals surface area contributed by atoms with E-state index in [9.17, 15) is 14.9 Å². The Balaban J connectivity index is 1.35. The highest BCUT2D eigenvalue weighted by atomic mass is 127. The molecule has 4 aromatic rings. The largest absolute Gasteiger partial charge is 0.493 e. The van der Waals surface area contributed by atoms with Gasteiger partial charge in [0.2, 0.25) is 5.90 Å². The smallest absolute Gasteiger partial charge is 0.363 e. The number of halogens is 1. The minimum atomic E-state index is -0.544. The first-order valence-corrected chi connectivity index (χ1v) is 12.9. The number of esters is 1. The third-order valence-corrected chi connectivity index (χ3v) is 6.72. The molecular formula is C30H21IN2O6. The number of hydrogen-bond donors (Lipinski definition) is 0. The van der Waals surface area contributed by atoms with Gasteiger partial charge in [-0.3, -0.25) is 10.1 Å². The van der Waals surface area contributed by atoms with Crippen LogP contribution >= 0.6 is 22.6 Å². The Bertz CT molecular complexity index is 1610. The first kappa shape index (κ1) is 26.1. The lowest BCUT2D eigenvalue weighted by molar-refractivity contribution is -0.384. The van der Waals surface area contributed by atoms with Crippen LogP contribution in [0, 0.1) is 13.7 Å². The van der Waals surface area contributed by atoms with E-state index in [1.165, 1.54) is 19.2 Å². The molecule has 0 N–H and O–H groups in total. The van der Waals surface area contributed by atoms with Crippen molar-refractivity contribution in [2.24, 2.45) is 4.99 Å². The number of rotatable bonds is 8. The summed E-state index contributed by atoms with van der Waals surface area (Å²) in [6, 6.07) is 27.5. The molecule has 0 saturated carbocycles. The lowest BCUT2D eigenvalue weighted by Gasteiger charge is -2.13. The Kier molecular flexibility index (Phi) is 7.69. The highest BCUT2D eigenvalue weighted by molar-refractivity contribution is 14.1. The fraction of sp³-hybridized carbons (Fsp3) is 0.0667. The molecule has 4 aromatic carbocycles. The Morgan fingerprint density at radius 2 is 1.67 bits per heavy atom. The number of cyclic esters (lactones) is 1. The van der Waals surface area contributed by atoms with Crippen molar-refractivity contribution in [3.63, 3.8) is 0 Å². The molecule has 0 saturated heterocycles. The van der Waals surface area contributed by atoms with E-state index in [0.29, 0.717) is 28.2 Å². The van der Waals surface area contributed by atoms with Crippen LogP contribution in [0.25, 0.3) is 17.2 Å². The van der Waals surface area contributed by atoms with Crippen molar-refractivity contribution >= 4 is 46.2 Å². The van der Waals surface area contributed by atoms with E-state index in [0.717, 1.165) is 14.7 Å². The van der Waals surface area contributed by atoms with Crippen molar-refractivity contribution in [2.75, 3.05) is 7.11 Å². The van der Waals surface area contributed by atoms with Crippen LogP contribution in [-0.4, -0.2) is 23.9 Å². The molecule has 0 spiro atoms. The second kappa shape index (κ2) is 11.5. The standard InChI is InChI=1S/C30H21IN2O6/c1-37-27-17-20(15-25(31)28(27)38-18-19-6-5-9-24(14-19)33(35)36)16-26-30(34)39-29(32-26)23-12-10-22(11-13-23)21-7-3-2-4-8-21/h2-17H,18H2,1H3/b26-16-. The number of aliphatic imine (C=N–C) groups is 1. The predicted molar refractivity (Wildman–Crippen MR) is 156 cm³/mol. The van der Waals surface area contributed by atoms with Gasteiger partial charge >= 0.3 is 5.97 Å². The van der Waals surface area contributed by atoms with Crippen molar-refractivity contribution in [2.45, 2.75) is 6.61 Å². The summed E-state index contributed by atoms with van der Waals surface area (Å²) in [7, 11) is 1.52. The molecule has 9 heteroatoms. The Hall–Kier alpha value is -4.51. The normalized spacial score (nSPS) is 13.6. The average molecular weight is 632 g/mol. The van der Waals surface area contributed by atoms with E-state index in [2.05, 4.69) is 27.6 Å². The summed E-state index contributed by atoms with van der Waals surface area (Å²) in [4.78, 5) is 27.6. The maximum Gasteiger partial charge on any atom is 0.363 e. The Morgan fingerprint density at radius 3 is 2.38 bits per heavy atom. The van der Waals surface area contributed by atoms with Crippen LogP contribution in [-0.2, 0) is 16.1 Å². The zero-order valence-electron chi connectivity index (χ0n) is 20.7. The third-order valence-electron chi connectivity index (χ3n) is 5.92. The molecule has 1 aliphatic rings. The summed E-state index contributed by atoms with van der Waals surface area (Å²) < 4.78 is 17.6. The molecule has 1 aliphatic heterocycles. The molecule has 5 rings (SSSR count). The van der Waals surface area contributed by atoms with Gasteiger partial charge in [0.25, 0.3) is 5.69 Å². The Labute approximate surface area is 237 Å². The van der Waals surface area contributed by atoms with Crippen LogP contribution in [0.5, 0.6) is 11.5 Å². The number of nitro benzene ring substituents is 1. The van der Waals surface area contributed by atoms with Gasteiger partial charge in [-0.05, 0) is 75.2 Å². The lowest BCUT2D eigenvalue weighted by atomic mass is 10.0. The second-order valence-electron chi connectivity index (χ2n) is 8.53. The maximum absolute atomic E-state index is 12.6. The van der Waals surface area contributed by atoms with Gasteiger partial charge in [-0.1, -0.05) is 54.6 Å². The number of ether oxygens (including phenoxy) is 3. The van der Waals surface area contributed by atoms with Gasteiger partial charge in [0.1, 0.15) is 6.61 Å². The number of hydrogen-bond acceptors (Lipinski definition) is 7. The minimum absolute atomic E-state index is 0.00440. The predicted octanol–water partition coefficient (Wildman–Crippen LogP) is 6.80. The number of carbonyl (C=O) groups excluding carboxylic acids is 1. The lowest BCUT2D eigenvalue weighted by Crippen LogP contribution is -2.05. The number of nitrogens with zero attached hydrogens (tertiary/aromatic N) is 2. The molecule has 0 aliphatic carbocycles. The van der Waals surface area contributed by atoms with E-state index in [4.69, 9.17) is 14.2 Å². The summed E-state index contributed by atoms with van der Waals surface area (Å²) in [5, 5.41) is 11.0. The van der Waals surface area contributed by atoms with Crippen molar-refractivity contribution in [3.05, 3.63) is 127 Å². The molecule has 39 heavy (non-hydrogen) atoms. The molecule has 0 bridgehead atoms. The molecule has 0 fully saturated rings. The van der Waals surface area contributed by atoms with Crippen LogP contribution in [0.1, 0.15) is 16.7 Å². The summed E-state index contributed by atoms with van der Waals surface area (Å²) in [5.74, 6) is 0.635. The van der Waals surface area contributed by atoms with Crippen LogP contribution in [0.15, 0.2) is 102 Å². The third kappa shape index (κ3) is 5.99. The van der Waals surface area contributed by atoms with Crippen LogP contribution in [0.4, 0.5) is 5.69 Å². The summed E-state index contributed by atoms with van der Waals surface area (Å²) in [6.45, 7) is 0.123. The van der Waals surface area contributed by atoms with E-state index < -0.39 is 10.9 Å². The van der Waals surface area contributed by atoms with Crippen molar-refractivity contribution in [3.8, 4) is 22.6 Å². The molecule has 0 aromatic heterocycles. The number of methoxy groups -OCH3 is 1. The van der Waals surface area contributed by atoms with Crippen LogP contribution in [0.3, 0.4) is 0 Å². The monoisotopic (exact) mass is 632 g/mol. The fourth-order valence-corrected chi connectivity index (χ4v) is 4.79. The number of nitro groups is 1. The van der Waals surface area contributed by atoms with E-state index in [1.807, 2.05) is 60.7 Å². The van der Waals surface area contributed by atoms with Gasteiger partial charge in [0.05, 0.1) is 15.6 Å². The molecule has 194 valence electrons. The summed E-state index contributed by atoms with van der Waals surface area (Å²) >= 11 is 2.11. The fourth-order valence-electron chi connectivity index (χ4n) is 4.00. The SMILES string of the molecule is COc1cc(/C=C2\N=C(c3ccc(-c4ccccc4)cc3)OC2=O)cc(I)c1OCc1cccc([N+](=O)[O-])c1. The molecule has 0 radical (unpaired) electrons. The molecule has 0 atom stereocenters. The number of benzene rings is 4. The molecular weight excluding hydrogens is 611 g/mol. The van der Waals surface area contributed by atoms with Gasteiger partial charge in [0, 0.05) is 17.7 Å². The number of carbonyl (C=O) groups is 1. The summed E-state index contributed by atoms with van der Waals surface area (Å²) in [5.41, 5.74) is 4.33. The second-order valence-corrected chi connectivity index (χ2v) is 9.69. The zero-order chi connectivity index (χ0) is 27.4. The van der Waals surface area contributed by atoms with E-state index in [-0.39, 0.29) is 23.9 Å². The molecule has 8 nitrogen and oxygen atoms in total. The first-order valence-electron chi connectivity index (χ1n) is 11.8. The molecule has 0 amide bonds. The van der Waals surface area contributed by atoms with Crippen LogP contribution < -0.4 is 9.47 Å². The molecule has 0 unspecified atom stereocenters. The van der Waals surface area contributed by atoms with Gasteiger partial charge in [-0.2, -0.15) is 0 Å². The number of non-ortho nitro benzene ring substituents is 1. The highest BCUT2D eigenvalue weighted by Crippen LogP contribution is 2.36. The van der Waals surface area contributed by atoms with Gasteiger partial charge in [0.15, 0.2) is 17.2 Å². The maximum atomic E-state index is 12.6. The Morgan fingerprint density at radius 1 is 0.949 bits per heavy atom. The van der Waals surface area contributed by atoms with Gasteiger partial charge < -0.3 is 14.2 Å². The highest BCUT2D eigenvalue weighted by Gasteiger charge is 2.24. The van der Waals surface area contributed by atoms with Crippen molar-refractivity contribution < 1.29 is 23.9 Å². The average Bonchev–Trinajstić information content (AvgIpc) is 3.32. The quantitative estimate of drug-likeness (QED) is 0.0697. The minimum Gasteiger partial charge on any atom is -0.493 e. The topological polar surface area (TPSA) is 100 Å². The van der Waals surface area contributed by atoms with Crippen LogP contribution in [0.2, 0.25) is 0 Å². The van der Waals surface area contributed by atoms with Crippen molar-refractivity contribution in [1.82, 2.24) is 0 Å². The van der Waals surface area contributed by atoms with E-state index in [1.54, 1.807) is 24.3 Å². The van der Waals surface area contributed by atoms with E-state index >= 15 is 0 Å². The van der Waals surface area contributed by atoms with Gasteiger partial charge in [-0.25, -0.2) is 9.79 Å². The van der Waals surface area contributed by atoms with Crippen molar-refractivity contribution in [1.29, 1.82) is 0 Å². The van der Waals surface area contributed by atoms with Gasteiger partial charge in [-0.15, -0.1) is 0 Å². The zero-order valence-corrected chi connectivity index (χ0v) is 22.8. The first-order chi connectivity index (χ1) is 18.9. The summed E-state index contributed by atoms with van der Waals surface area (Å²) in [6.07, 6.45) is 1.63.